The quantitative estimate of drug-likeness (QED) is 0.740. The minimum atomic E-state index is -0.752. The van der Waals surface area contributed by atoms with Crippen molar-refractivity contribution in [3.63, 3.8) is 0 Å². The highest BCUT2D eigenvalue weighted by Gasteiger charge is 2.45. The zero-order chi connectivity index (χ0) is 22.7. The van der Waals surface area contributed by atoms with Gasteiger partial charge in [-0.15, -0.1) is 0 Å². The first kappa shape index (κ1) is 23.9. The summed E-state index contributed by atoms with van der Waals surface area (Å²) in [4.78, 5) is 38.4. The fourth-order valence-corrected chi connectivity index (χ4v) is 3.41. The topological polar surface area (TPSA) is 84.9 Å². The van der Waals surface area contributed by atoms with Crippen molar-refractivity contribution >= 4 is 17.8 Å². The van der Waals surface area contributed by atoms with Gasteiger partial charge in [0.15, 0.2) is 0 Å². The molecule has 1 N–H and O–H groups in total. The summed E-state index contributed by atoms with van der Waals surface area (Å²) < 4.78 is 10.9. The monoisotopic (exact) mass is 418 g/mol. The first-order valence-electron chi connectivity index (χ1n) is 10.3. The average molecular weight is 419 g/mol. The van der Waals surface area contributed by atoms with Crippen LogP contribution in [-0.4, -0.2) is 46.6 Å². The highest BCUT2D eigenvalue weighted by atomic mass is 16.6. The summed E-state index contributed by atoms with van der Waals surface area (Å²) in [5, 5.41) is 1.20. The predicted molar refractivity (Wildman–Crippen MR) is 113 cm³/mol. The van der Waals surface area contributed by atoms with E-state index in [2.05, 4.69) is 5.43 Å². The Balaban J connectivity index is 2.27. The minimum absolute atomic E-state index is 0.239. The van der Waals surface area contributed by atoms with Crippen LogP contribution in [-0.2, 0) is 30.3 Å². The van der Waals surface area contributed by atoms with Gasteiger partial charge in [-0.2, -0.15) is 0 Å². The van der Waals surface area contributed by atoms with Gasteiger partial charge in [-0.25, -0.2) is 5.43 Å². The van der Waals surface area contributed by atoms with E-state index in [4.69, 9.17) is 9.47 Å². The summed E-state index contributed by atoms with van der Waals surface area (Å²) in [6, 6.07) is 8.88. The molecule has 0 aliphatic carbocycles. The molecule has 1 aromatic carbocycles. The van der Waals surface area contributed by atoms with Crippen LogP contribution in [0.3, 0.4) is 0 Å². The highest BCUT2D eigenvalue weighted by molar-refractivity contribution is 5.87. The van der Waals surface area contributed by atoms with Gasteiger partial charge in [0.1, 0.15) is 23.8 Å². The Morgan fingerprint density at radius 3 is 2.10 bits per heavy atom. The molecule has 30 heavy (non-hydrogen) atoms. The first-order chi connectivity index (χ1) is 13.8. The van der Waals surface area contributed by atoms with Crippen molar-refractivity contribution in [2.45, 2.75) is 72.1 Å². The van der Waals surface area contributed by atoms with E-state index in [9.17, 15) is 14.4 Å². The zero-order valence-electron chi connectivity index (χ0n) is 19.0. The van der Waals surface area contributed by atoms with Gasteiger partial charge in [0.05, 0.1) is 0 Å². The number of nitrogens with zero attached hydrogens (tertiary/aromatic N) is 1. The lowest BCUT2D eigenvalue weighted by Crippen LogP contribution is -2.64. The largest absolute Gasteiger partial charge is 0.459 e. The van der Waals surface area contributed by atoms with E-state index in [1.165, 1.54) is 5.01 Å². The predicted octanol–water partition coefficient (Wildman–Crippen LogP) is 2.88. The number of hydrogen-bond donors (Lipinski definition) is 1. The maximum Gasteiger partial charge on any atom is 0.327 e. The third kappa shape index (κ3) is 6.83. The Hall–Kier alpha value is -2.41. The van der Waals surface area contributed by atoms with Gasteiger partial charge in [0, 0.05) is 5.92 Å². The smallest absolute Gasteiger partial charge is 0.327 e. The molecule has 7 heteroatoms. The van der Waals surface area contributed by atoms with Gasteiger partial charge in [-0.1, -0.05) is 37.3 Å². The summed E-state index contributed by atoms with van der Waals surface area (Å²) in [7, 11) is 0. The molecule has 1 fully saturated rings. The van der Waals surface area contributed by atoms with Gasteiger partial charge in [0.25, 0.3) is 0 Å². The van der Waals surface area contributed by atoms with E-state index >= 15 is 0 Å². The molecular formula is C23H34N2O5. The standard InChI is InChI=1S/C23H34N2O5/c1-15-17(13-16-11-9-8-10-12-16)20(27)25(14-18(26)29-22(2,3)4)24-19(15)21(28)30-23(5,6)7/h8-12,15,17,19,24H,13-14H2,1-7H3/t15-,17+,19+/m0/s1. The number of hydrazine groups is 1. The second-order valence-electron chi connectivity index (χ2n) is 9.81. The van der Waals surface area contributed by atoms with Crippen LogP contribution in [0.2, 0.25) is 0 Å². The van der Waals surface area contributed by atoms with E-state index < -0.39 is 35.1 Å². The fourth-order valence-electron chi connectivity index (χ4n) is 3.41. The van der Waals surface area contributed by atoms with E-state index in [-0.39, 0.29) is 18.4 Å². The Kier molecular flexibility index (Phi) is 7.29. The number of esters is 2. The lowest BCUT2D eigenvalue weighted by molar-refractivity contribution is -0.174. The van der Waals surface area contributed by atoms with E-state index in [1.54, 1.807) is 41.5 Å². The van der Waals surface area contributed by atoms with Crippen LogP contribution in [0, 0.1) is 11.8 Å². The molecular weight excluding hydrogens is 384 g/mol. The lowest BCUT2D eigenvalue weighted by Gasteiger charge is -2.42. The van der Waals surface area contributed by atoms with Gasteiger partial charge in [-0.3, -0.25) is 19.4 Å². The summed E-state index contributed by atoms with van der Waals surface area (Å²) in [6.07, 6.45) is 0.465. The summed E-state index contributed by atoms with van der Waals surface area (Å²) in [5.41, 5.74) is 2.58. The Morgan fingerprint density at radius 1 is 1.00 bits per heavy atom. The Morgan fingerprint density at radius 2 is 1.57 bits per heavy atom. The molecule has 1 aliphatic rings. The lowest BCUT2D eigenvalue weighted by atomic mass is 9.81. The maximum atomic E-state index is 13.2. The number of carbonyl (C=O) groups is 3. The number of benzene rings is 1. The first-order valence-corrected chi connectivity index (χ1v) is 10.3. The molecule has 0 aromatic heterocycles. The zero-order valence-corrected chi connectivity index (χ0v) is 19.0. The molecule has 0 saturated carbocycles. The third-order valence-electron chi connectivity index (χ3n) is 4.70. The van der Waals surface area contributed by atoms with Gasteiger partial charge in [-0.05, 0) is 59.4 Å². The van der Waals surface area contributed by atoms with Crippen LogP contribution in [0.5, 0.6) is 0 Å². The number of ether oxygens (including phenoxy) is 2. The summed E-state index contributed by atoms with van der Waals surface area (Å²) >= 11 is 0. The second-order valence-corrected chi connectivity index (χ2v) is 9.81. The van der Waals surface area contributed by atoms with Crippen LogP contribution in [0.4, 0.5) is 0 Å². The molecule has 0 spiro atoms. The molecule has 0 bridgehead atoms. The minimum Gasteiger partial charge on any atom is -0.459 e. The van der Waals surface area contributed by atoms with E-state index in [0.717, 1.165) is 5.56 Å². The Labute approximate surface area is 179 Å². The molecule has 1 aliphatic heterocycles. The molecule has 0 radical (unpaired) electrons. The molecule has 1 amide bonds. The van der Waals surface area contributed by atoms with Crippen LogP contribution < -0.4 is 5.43 Å². The van der Waals surface area contributed by atoms with Crippen molar-refractivity contribution in [1.82, 2.24) is 10.4 Å². The summed E-state index contributed by atoms with van der Waals surface area (Å²) in [6.45, 7) is 12.3. The molecule has 7 nitrogen and oxygen atoms in total. The maximum absolute atomic E-state index is 13.2. The molecule has 1 saturated heterocycles. The van der Waals surface area contributed by atoms with Crippen molar-refractivity contribution in [2.24, 2.45) is 11.8 Å². The molecule has 1 heterocycles. The van der Waals surface area contributed by atoms with Crippen molar-refractivity contribution < 1.29 is 23.9 Å². The highest BCUT2D eigenvalue weighted by Crippen LogP contribution is 2.28. The Bertz CT molecular complexity index is 764. The van der Waals surface area contributed by atoms with Gasteiger partial charge >= 0.3 is 11.9 Å². The SMILES string of the molecule is C[C@H]1[C@@H](Cc2ccccc2)C(=O)N(CC(=O)OC(C)(C)C)N[C@H]1C(=O)OC(C)(C)C. The normalized spacial score (nSPS) is 22.6. The van der Waals surface area contributed by atoms with Crippen LogP contribution >= 0.6 is 0 Å². The molecule has 3 atom stereocenters. The molecule has 166 valence electrons. The van der Waals surface area contributed by atoms with Crippen molar-refractivity contribution in [1.29, 1.82) is 0 Å². The number of amides is 1. The van der Waals surface area contributed by atoms with Gasteiger partial charge in [0.2, 0.25) is 5.91 Å². The molecule has 2 rings (SSSR count). The van der Waals surface area contributed by atoms with E-state index in [1.807, 2.05) is 37.3 Å². The fraction of sp³-hybridized carbons (Fsp3) is 0.609. The average Bonchev–Trinajstić information content (AvgIpc) is 2.58. The summed E-state index contributed by atoms with van der Waals surface area (Å²) in [5.74, 6) is -2.03. The molecule has 1 aromatic rings. The number of rotatable bonds is 5. The van der Waals surface area contributed by atoms with Crippen LogP contribution in [0.1, 0.15) is 54.0 Å². The van der Waals surface area contributed by atoms with Crippen molar-refractivity contribution in [3.05, 3.63) is 35.9 Å². The van der Waals surface area contributed by atoms with E-state index in [0.29, 0.717) is 6.42 Å². The second kappa shape index (κ2) is 9.16. The van der Waals surface area contributed by atoms with Gasteiger partial charge < -0.3 is 9.47 Å². The molecule has 0 unspecified atom stereocenters. The van der Waals surface area contributed by atoms with Crippen LogP contribution in [0.15, 0.2) is 30.3 Å². The van der Waals surface area contributed by atoms with Crippen molar-refractivity contribution in [2.75, 3.05) is 6.54 Å². The van der Waals surface area contributed by atoms with Crippen molar-refractivity contribution in [3.8, 4) is 0 Å². The number of hydrogen-bond acceptors (Lipinski definition) is 6. The third-order valence-corrected chi connectivity index (χ3v) is 4.70. The number of carbonyl (C=O) groups excluding carboxylic acids is 3. The van der Waals surface area contributed by atoms with Crippen LogP contribution in [0.25, 0.3) is 0 Å². The number of nitrogens with one attached hydrogen (secondary N) is 1.